The highest BCUT2D eigenvalue weighted by Gasteiger charge is 2.10. The Morgan fingerprint density at radius 2 is 1.89 bits per heavy atom. The number of methoxy groups -OCH3 is 1. The van der Waals surface area contributed by atoms with Gasteiger partial charge in [-0.15, -0.1) is 24.0 Å². The Balaban J connectivity index is 0.00000364. The van der Waals surface area contributed by atoms with Crippen molar-refractivity contribution in [1.82, 2.24) is 4.90 Å². The highest BCUT2D eigenvalue weighted by molar-refractivity contribution is 14.0. The molecule has 0 aliphatic rings. The van der Waals surface area contributed by atoms with E-state index in [0.29, 0.717) is 19.5 Å². The topological polar surface area (TPSA) is 80.0 Å². The van der Waals surface area contributed by atoms with Gasteiger partial charge in [-0.05, 0) is 35.9 Å². The summed E-state index contributed by atoms with van der Waals surface area (Å²) in [4.78, 5) is 18.1. The first-order valence-corrected chi connectivity index (χ1v) is 8.97. The molecule has 0 saturated carbocycles. The Hall–Kier alpha value is -1.81. The monoisotopic (exact) mass is 546 g/mol. The number of halogens is 2. The SMILES string of the molecule is COc1ccc(NC(N)=NCCC(=O)N(C)Cc2ccccc2Br)cc1.I. The first-order chi connectivity index (χ1) is 12.5. The van der Waals surface area contributed by atoms with Gasteiger partial charge in [-0.3, -0.25) is 9.79 Å². The van der Waals surface area contributed by atoms with E-state index in [4.69, 9.17) is 10.5 Å². The zero-order chi connectivity index (χ0) is 18.9. The molecule has 6 nitrogen and oxygen atoms in total. The van der Waals surface area contributed by atoms with Gasteiger partial charge in [0, 0.05) is 30.2 Å². The molecule has 0 bridgehead atoms. The summed E-state index contributed by atoms with van der Waals surface area (Å²) in [6.07, 6.45) is 0.298. The number of anilines is 1. The van der Waals surface area contributed by atoms with Crippen LogP contribution < -0.4 is 15.8 Å². The summed E-state index contributed by atoms with van der Waals surface area (Å²) in [5, 5.41) is 2.98. The first-order valence-electron chi connectivity index (χ1n) is 8.18. The molecular weight excluding hydrogens is 523 g/mol. The maximum absolute atomic E-state index is 12.2. The summed E-state index contributed by atoms with van der Waals surface area (Å²) in [5.41, 5.74) is 7.73. The van der Waals surface area contributed by atoms with Gasteiger partial charge in [0.1, 0.15) is 5.75 Å². The minimum absolute atomic E-state index is 0. The molecule has 2 aromatic carbocycles. The second-order valence-electron chi connectivity index (χ2n) is 5.71. The van der Waals surface area contributed by atoms with Gasteiger partial charge < -0.3 is 20.7 Å². The lowest BCUT2D eigenvalue weighted by atomic mass is 10.2. The van der Waals surface area contributed by atoms with E-state index in [1.54, 1.807) is 19.1 Å². The van der Waals surface area contributed by atoms with Crippen molar-refractivity contribution in [2.24, 2.45) is 10.7 Å². The van der Waals surface area contributed by atoms with Crippen molar-refractivity contribution in [3.05, 3.63) is 58.6 Å². The van der Waals surface area contributed by atoms with E-state index in [1.165, 1.54) is 0 Å². The Labute approximate surface area is 185 Å². The molecule has 0 heterocycles. The molecule has 8 heteroatoms. The number of benzene rings is 2. The van der Waals surface area contributed by atoms with Crippen LogP contribution in [0.1, 0.15) is 12.0 Å². The third kappa shape index (κ3) is 7.76. The average molecular weight is 547 g/mol. The molecule has 0 unspecified atom stereocenters. The first kappa shape index (κ1) is 23.2. The van der Waals surface area contributed by atoms with E-state index >= 15 is 0 Å². The number of nitrogens with zero attached hydrogens (tertiary/aromatic N) is 2. The van der Waals surface area contributed by atoms with Crippen LogP contribution in [0.25, 0.3) is 0 Å². The molecule has 0 aliphatic heterocycles. The summed E-state index contributed by atoms with van der Waals surface area (Å²) >= 11 is 3.49. The normalized spacial score (nSPS) is 10.7. The van der Waals surface area contributed by atoms with Crippen molar-refractivity contribution in [3.8, 4) is 5.75 Å². The number of guanidine groups is 1. The van der Waals surface area contributed by atoms with Crippen LogP contribution in [0.4, 0.5) is 5.69 Å². The van der Waals surface area contributed by atoms with E-state index in [9.17, 15) is 4.79 Å². The van der Waals surface area contributed by atoms with Crippen LogP contribution in [-0.2, 0) is 11.3 Å². The lowest BCUT2D eigenvalue weighted by Crippen LogP contribution is -2.28. The lowest BCUT2D eigenvalue weighted by Gasteiger charge is -2.17. The van der Waals surface area contributed by atoms with Crippen LogP contribution in [0.2, 0.25) is 0 Å². The third-order valence-electron chi connectivity index (χ3n) is 3.76. The highest BCUT2D eigenvalue weighted by atomic mass is 127. The Morgan fingerprint density at radius 1 is 1.22 bits per heavy atom. The van der Waals surface area contributed by atoms with Gasteiger partial charge in [-0.25, -0.2) is 0 Å². The second-order valence-corrected chi connectivity index (χ2v) is 6.57. The van der Waals surface area contributed by atoms with Crippen molar-refractivity contribution < 1.29 is 9.53 Å². The van der Waals surface area contributed by atoms with Crippen molar-refractivity contribution >= 4 is 57.5 Å². The number of aliphatic imine (C=N–C) groups is 1. The minimum Gasteiger partial charge on any atom is -0.497 e. The number of nitrogens with two attached hydrogens (primary N) is 1. The van der Waals surface area contributed by atoms with Gasteiger partial charge >= 0.3 is 0 Å². The number of nitrogens with one attached hydrogen (secondary N) is 1. The summed E-state index contributed by atoms with van der Waals surface area (Å²) in [7, 11) is 3.40. The summed E-state index contributed by atoms with van der Waals surface area (Å²) < 4.78 is 6.09. The molecule has 0 aliphatic carbocycles. The van der Waals surface area contributed by atoms with Crippen molar-refractivity contribution in [1.29, 1.82) is 0 Å². The third-order valence-corrected chi connectivity index (χ3v) is 4.53. The number of hydrogen-bond donors (Lipinski definition) is 2. The predicted octanol–water partition coefficient (Wildman–Crippen LogP) is 3.85. The van der Waals surface area contributed by atoms with Gasteiger partial charge in [0.2, 0.25) is 5.91 Å². The number of carbonyl (C=O) groups excluding carboxylic acids is 1. The van der Waals surface area contributed by atoms with Gasteiger partial charge in [0.15, 0.2) is 5.96 Å². The van der Waals surface area contributed by atoms with E-state index in [2.05, 4.69) is 26.2 Å². The summed E-state index contributed by atoms with van der Waals surface area (Å²) in [6, 6.07) is 15.2. The van der Waals surface area contributed by atoms with Crippen molar-refractivity contribution in [2.75, 3.05) is 26.0 Å². The molecule has 2 aromatic rings. The lowest BCUT2D eigenvalue weighted by molar-refractivity contribution is -0.130. The molecule has 0 radical (unpaired) electrons. The number of ether oxygens (including phenoxy) is 1. The Morgan fingerprint density at radius 3 is 2.52 bits per heavy atom. The average Bonchev–Trinajstić information content (AvgIpc) is 2.64. The quantitative estimate of drug-likeness (QED) is 0.314. The molecule has 0 atom stereocenters. The molecule has 0 saturated heterocycles. The molecule has 3 N–H and O–H groups in total. The zero-order valence-electron chi connectivity index (χ0n) is 15.3. The van der Waals surface area contributed by atoms with Crippen LogP contribution in [-0.4, -0.2) is 37.5 Å². The molecule has 1 amide bonds. The minimum atomic E-state index is 0. The molecular formula is C19H24BrIN4O2. The van der Waals surface area contributed by atoms with E-state index in [1.807, 2.05) is 48.5 Å². The largest absolute Gasteiger partial charge is 0.497 e. The number of carbonyl (C=O) groups is 1. The van der Waals surface area contributed by atoms with E-state index in [0.717, 1.165) is 21.5 Å². The molecule has 2 rings (SSSR count). The van der Waals surface area contributed by atoms with Crippen molar-refractivity contribution in [3.63, 3.8) is 0 Å². The van der Waals surface area contributed by atoms with Gasteiger partial charge in [0.25, 0.3) is 0 Å². The Bertz CT molecular complexity index is 769. The van der Waals surface area contributed by atoms with Gasteiger partial charge in [-0.2, -0.15) is 0 Å². The van der Waals surface area contributed by atoms with Crippen LogP contribution >= 0.6 is 39.9 Å². The molecule has 0 fully saturated rings. The second kappa shape index (κ2) is 11.8. The van der Waals surface area contributed by atoms with Crippen molar-refractivity contribution in [2.45, 2.75) is 13.0 Å². The maximum atomic E-state index is 12.2. The van der Waals surface area contributed by atoms with Crippen LogP contribution in [0.5, 0.6) is 5.75 Å². The molecule has 0 spiro atoms. The molecule has 146 valence electrons. The van der Waals surface area contributed by atoms with Gasteiger partial charge in [-0.1, -0.05) is 34.1 Å². The van der Waals surface area contributed by atoms with Crippen LogP contribution in [0.15, 0.2) is 58.0 Å². The standard InChI is InChI=1S/C19H23BrN4O2.HI/c1-24(13-14-5-3-4-6-17(14)20)18(25)11-12-22-19(21)23-15-7-9-16(26-2)10-8-15;/h3-10H,11-13H2,1-2H3,(H3,21,22,23);1H. The molecule has 27 heavy (non-hydrogen) atoms. The predicted molar refractivity (Wildman–Crippen MR) is 124 cm³/mol. The van der Waals surface area contributed by atoms with E-state index < -0.39 is 0 Å². The van der Waals surface area contributed by atoms with Gasteiger partial charge in [0.05, 0.1) is 13.7 Å². The number of amides is 1. The van der Waals surface area contributed by atoms with Crippen LogP contribution in [0.3, 0.4) is 0 Å². The fraction of sp³-hybridized carbons (Fsp3) is 0.263. The smallest absolute Gasteiger partial charge is 0.224 e. The highest BCUT2D eigenvalue weighted by Crippen LogP contribution is 2.17. The molecule has 0 aromatic heterocycles. The summed E-state index contributed by atoms with van der Waals surface area (Å²) in [5.74, 6) is 1.06. The fourth-order valence-corrected chi connectivity index (χ4v) is 2.71. The van der Waals surface area contributed by atoms with E-state index in [-0.39, 0.29) is 35.8 Å². The number of rotatable bonds is 7. The number of hydrogen-bond acceptors (Lipinski definition) is 3. The maximum Gasteiger partial charge on any atom is 0.224 e. The Kier molecular flexibility index (Phi) is 10.2. The zero-order valence-corrected chi connectivity index (χ0v) is 19.2. The fourth-order valence-electron chi connectivity index (χ4n) is 2.29. The van der Waals surface area contributed by atoms with Crippen LogP contribution in [0, 0.1) is 0 Å². The summed E-state index contributed by atoms with van der Waals surface area (Å²) in [6.45, 7) is 0.873.